The van der Waals surface area contributed by atoms with Gasteiger partial charge in [0.2, 0.25) is 10.0 Å². The van der Waals surface area contributed by atoms with E-state index >= 15 is 0 Å². The first kappa shape index (κ1) is 18.2. The van der Waals surface area contributed by atoms with Crippen LogP contribution in [0.15, 0.2) is 17.2 Å². The Balaban J connectivity index is 2.48. The zero-order chi connectivity index (χ0) is 15.9. The smallest absolute Gasteiger partial charge is 0.242 e. The van der Waals surface area contributed by atoms with E-state index < -0.39 is 10.0 Å². The van der Waals surface area contributed by atoms with Gasteiger partial charge in [-0.25, -0.2) is 18.1 Å². The Labute approximate surface area is 131 Å². The summed E-state index contributed by atoms with van der Waals surface area (Å²) in [6.07, 6.45) is 1.89. The molecule has 0 unspecified atom stereocenters. The van der Waals surface area contributed by atoms with E-state index in [0.29, 0.717) is 37.9 Å². The lowest BCUT2D eigenvalue weighted by Gasteiger charge is -2.09. The Morgan fingerprint density at radius 2 is 2.14 bits per heavy atom. The molecule has 0 saturated carbocycles. The fourth-order valence-electron chi connectivity index (χ4n) is 1.53. The summed E-state index contributed by atoms with van der Waals surface area (Å²) >= 11 is 5.93. The normalized spacial score (nSPS) is 11.9. The molecule has 0 bridgehead atoms. The first-order chi connectivity index (χ1) is 9.86. The molecular formula is C13H22ClN3O3S. The highest BCUT2D eigenvalue weighted by Crippen LogP contribution is 2.21. The second-order valence-corrected chi connectivity index (χ2v) is 7.15. The molecule has 0 atom stereocenters. The lowest BCUT2D eigenvalue weighted by molar-refractivity contribution is 0.108. The van der Waals surface area contributed by atoms with Crippen LogP contribution < -0.4 is 10.0 Å². The maximum Gasteiger partial charge on any atom is 0.242 e. The third-order valence-electron chi connectivity index (χ3n) is 2.57. The van der Waals surface area contributed by atoms with Crippen molar-refractivity contribution in [3.63, 3.8) is 0 Å². The predicted molar refractivity (Wildman–Crippen MR) is 84.3 cm³/mol. The van der Waals surface area contributed by atoms with Crippen molar-refractivity contribution in [2.75, 3.05) is 32.1 Å². The Hall–Kier alpha value is -0.890. The molecule has 1 aromatic heterocycles. The highest BCUT2D eigenvalue weighted by Gasteiger charge is 2.15. The maximum absolute atomic E-state index is 12.1. The molecule has 120 valence electrons. The Morgan fingerprint density at radius 3 is 2.71 bits per heavy atom. The van der Waals surface area contributed by atoms with Crippen LogP contribution in [-0.2, 0) is 14.8 Å². The van der Waals surface area contributed by atoms with Crippen molar-refractivity contribution in [1.82, 2.24) is 9.71 Å². The third-order valence-corrected chi connectivity index (χ3v) is 4.29. The van der Waals surface area contributed by atoms with Gasteiger partial charge in [-0.1, -0.05) is 25.4 Å². The summed E-state index contributed by atoms with van der Waals surface area (Å²) in [6.45, 7) is 5.64. The van der Waals surface area contributed by atoms with Crippen LogP contribution >= 0.6 is 11.6 Å². The molecular weight excluding hydrogens is 314 g/mol. The summed E-state index contributed by atoms with van der Waals surface area (Å²) in [5.41, 5.74) is 0. The molecule has 2 N–H and O–H groups in total. The summed E-state index contributed by atoms with van der Waals surface area (Å²) in [4.78, 5) is 4.00. The molecule has 21 heavy (non-hydrogen) atoms. The van der Waals surface area contributed by atoms with Gasteiger partial charge in [0.05, 0.1) is 5.02 Å². The van der Waals surface area contributed by atoms with Crippen molar-refractivity contribution in [3.8, 4) is 0 Å². The molecule has 0 aromatic carbocycles. The first-order valence-corrected chi connectivity index (χ1v) is 8.63. The van der Waals surface area contributed by atoms with Crippen LogP contribution in [0.1, 0.15) is 20.3 Å². The van der Waals surface area contributed by atoms with E-state index in [2.05, 4.69) is 28.9 Å². The molecule has 0 aliphatic carbocycles. The van der Waals surface area contributed by atoms with Crippen LogP contribution in [0.2, 0.25) is 5.02 Å². The van der Waals surface area contributed by atoms with E-state index in [1.54, 1.807) is 7.05 Å². The first-order valence-electron chi connectivity index (χ1n) is 6.77. The van der Waals surface area contributed by atoms with Crippen molar-refractivity contribution in [2.45, 2.75) is 25.2 Å². The largest absolute Gasteiger partial charge is 0.381 e. The van der Waals surface area contributed by atoms with Gasteiger partial charge in [0.15, 0.2) is 0 Å². The van der Waals surface area contributed by atoms with Crippen LogP contribution in [0, 0.1) is 5.92 Å². The monoisotopic (exact) mass is 335 g/mol. The van der Waals surface area contributed by atoms with Crippen molar-refractivity contribution >= 4 is 27.4 Å². The molecule has 1 heterocycles. The number of hydrogen-bond donors (Lipinski definition) is 2. The number of pyridine rings is 1. The number of rotatable bonds is 9. The van der Waals surface area contributed by atoms with E-state index in [4.69, 9.17) is 16.3 Å². The number of halogens is 1. The maximum atomic E-state index is 12.1. The molecule has 0 amide bonds. The number of nitrogens with one attached hydrogen (secondary N) is 2. The zero-order valence-electron chi connectivity index (χ0n) is 12.5. The minimum absolute atomic E-state index is 0.0506. The fourth-order valence-corrected chi connectivity index (χ4v) is 2.90. The van der Waals surface area contributed by atoms with Crippen LogP contribution in [0.5, 0.6) is 0 Å². The van der Waals surface area contributed by atoms with E-state index in [0.717, 1.165) is 0 Å². The van der Waals surface area contributed by atoms with E-state index in [1.165, 1.54) is 12.3 Å². The second-order valence-electron chi connectivity index (χ2n) is 4.97. The Morgan fingerprint density at radius 1 is 1.43 bits per heavy atom. The van der Waals surface area contributed by atoms with Gasteiger partial charge in [0.25, 0.3) is 0 Å². The average molecular weight is 336 g/mol. The van der Waals surface area contributed by atoms with Gasteiger partial charge in [-0.05, 0) is 18.4 Å². The zero-order valence-corrected chi connectivity index (χ0v) is 14.1. The standard InChI is InChI=1S/C13H22ClN3O3S/c1-10(2)9-20-6-4-5-17-21(18,19)11-7-12(14)13(15-3)16-8-11/h7-8,10,17H,4-6,9H2,1-3H3,(H,15,16). The number of aromatic nitrogens is 1. The quantitative estimate of drug-likeness (QED) is 0.676. The van der Waals surface area contributed by atoms with Crippen LogP contribution in [-0.4, -0.2) is 40.2 Å². The molecule has 0 saturated heterocycles. The highest BCUT2D eigenvalue weighted by atomic mass is 35.5. The van der Waals surface area contributed by atoms with Crippen molar-refractivity contribution in [2.24, 2.45) is 5.92 Å². The average Bonchev–Trinajstić information content (AvgIpc) is 2.42. The van der Waals surface area contributed by atoms with Crippen molar-refractivity contribution in [1.29, 1.82) is 0 Å². The number of hydrogen-bond acceptors (Lipinski definition) is 5. The van der Waals surface area contributed by atoms with Gasteiger partial charge in [0.1, 0.15) is 10.7 Å². The Kier molecular flexibility index (Phi) is 7.37. The van der Waals surface area contributed by atoms with Gasteiger partial charge in [-0.2, -0.15) is 0 Å². The summed E-state index contributed by atoms with van der Waals surface area (Å²) in [5.74, 6) is 0.915. The summed E-state index contributed by atoms with van der Waals surface area (Å²) < 4.78 is 32.0. The summed E-state index contributed by atoms with van der Waals surface area (Å²) in [7, 11) is -1.93. The van der Waals surface area contributed by atoms with E-state index in [1.807, 2.05) is 0 Å². The van der Waals surface area contributed by atoms with Crippen molar-refractivity contribution in [3.05, 3.63) is 17.3 Å². The van der Waals surface area contributed by atoms with E-state index in [9.17, 15) is 8.42 Å². The number of nitrogens with zero attached hydrogens (tertiary/aromatic N) is 1. The molecule has 0 fully saturated rings. The second kappa shape index (κ2) is 8.53. The molecule has 0 spiro atoms. The minimum Gasteiger partial charge on any atom is -0.381 e. The molecule has 6 nitrogen and oxygen atoms in total. The molecule has 1 rings (SSSR count). The number of ether oxygens (including phenoxy) is 1. The van der Waals surface area contributed by atoms with Gasteiger partial charge >= 0.3 is 0 Å². The summed E-state index contributed by atoms with van der Waals surface area (Å²) in [6, 6.07) is 1.37. The molecule has 0 aliphatic rings. The lowest BCUT2D eigenvalue weighted by Crippen LogP contribution is -2.26. The predicted octanol–water partition coefficient (Wildman–Crippen LogP) is 2.12. The topological polar surface area (TPSA) is 80.3 Å². The molecule has 1 aromatic rings. The SMILES string of the molecule is CNc1ncc(S(=O)(=O)NCCCOCC(C)C)cc1Cl. The third kappa shape index (κ3) is 6.17. The Bertz CT molecular complexity index is 550. The molecule has 0 radical (unpaired) electrons. The van der Waals surface area contributed by atoms with E-state index in [-0.39, 0.29) is 9.92 Å². The van der Waals surface area contributed by atoms with Gasteiger partial charge in [-0.3, -0.25) is 0 Å². The highest BCUT2D eigenvalue weighted by molar-refractivity contribution is 7.89. The number of sulfonamides is 1. The molecule has 0 aliphatic heterocycles. The number of anilines is 1. The van der Waals surface area contributed by atoms with Gasteiger partial charge in [-0.15, -0.1) is 0 Å². The van der Waals surface area contributed by atoms with Gasteiger partial charge in [0, 0.05) is 33.0 Å². The minimum atomic E-state index is -3.59. The fraction of sp³-hybridized carbons (Fsp3) is 0.615. The van der Waals surface area contributed by atoms with Crippen LogP contribution in [0.25, 0.3) is 0 Å². The van der Waals surface area contributed by atoms with Crippen molar-refractivity contribution < 1.29 is 13.2 Å². The lowest BCUT2D eigenvalue weighted by atomic mass is 10.2. The van der Waals surface area contributed by atoms with Crippen LogP contribution in [0.4, 0.5) is 5.82 Å². The summed E-state index contributed by atoms with van der Waals surface area (Å²) in [5, 5.41) is 3.04. The van der Waals surface area contributed by atoms with Crippen LogP contribution in [0.3, 0.4) is 0 Å². The molecule has 8 heteroatoms. The van der Waals surface area contributed by atoms with Gasteiger partial charge < -0.3 is 10.1 Å².